The van der Waals surface area contributed by atoms with Crippen LogP contribution in [0, 0.1) is 0 Å². The third-order valence-corrected chi connectivity index (χ3v) is 8.05. The molecule has 4 N–H and O–H groups in total. The fourth-order valence-corrected chi connectivity index (χ4v) is 6.28. The summed E-state index contributed by atoms with van der Waals surface area (Å²) in [5, 5.41) is 4.89. The molecule has 0 saturated carbocycles. The largest absolute Gasteiger partial charge is 0.417 e. The predicted molar refractivity (Wildman–Crippen MR) is 82.5 cm³/mol. The van der Waals surface area contributed by atoms with Crippen molar-refractivity contribution < 1.29 is 30.0 Å². The minimum Gasteiger partial charge on any atom is -0.398 e. The molecule has 0 aromatic heterocycles. The van der Waals surface area contributed by atoms with Crippen LogP contribution in [0.2, 0.25) is 0 Å². The van der Waals surface area contributed by atoms with Gasteiger partial charge in [-0.3, -0.25) is 0 Å². The number of primary sulfonamides is 1. The topological polar surface area (TPSA) is 120 Å². The van der Waals surface area contributed by atoms with E-state index in [1.165, 1.54) is 6.92 Å². The van der Waals surface area contributed by atoms with E-state index in [0.29, 0.717) is 12.1 Å². The van der Waals surface area contributed by atoms with Gasteiger partial charge in [0.1, 0.15) is 0 Å². The summed E-state index contributed by atoms with van der Waals surface area (Å²) in [7, 11) is -9.51. The lowest BCUT2D eigenvalue weighted by atomic mass is 10.2. The summed E-state index contributed by atoms with van der Waals surface area (Å²) >= 11 is 2.84. The Kier molecular flexibility index (Phi) is 5.77. The Morgan fingerprint density at radius 2 is 1.74 bits per heavy atom. The van der Waals surface area contributed by atoms with E-state index in [0.717, 1.165) is 0 Å². The van der Waals surface area contributed by atoms with Gasteiger partial charge < -0.3 is 5.73 Å². The van der Waals surface area contributed by atoms with Gasteiger partial charge in [-0.1, -0.05) is 13.3 Å². The van der Waals surface area contributed by atoms with E-state index in [-0.39, 0.29) is 16.6 Å². The van der Waals surface area contributed by atoms with Crippen LogP contribution >= 0.6 is 15.9 Å². The van der Waals surface area contributed by atoms with Crippen molar-refractivity contribution >= 4 is 41.5 Å². The SMILES string of the molecule is CCCC(S(N)(=O)=O)S(=O)(=O)c1cc(Br)c(N)cc1C(F)(F)F. The van der Waals surface area contributed by atoms with E-state index in [9.17, 15) is 30.0 Å². The van der Waals surface area contributed by atoms with Gasteiger partial charge in [0.25, 0.3) is 0 Å². The first-order valence-corrected chi connectivity index (χ1v) is 10.1. The Labute approximate surface area is 140 Å². The molecule has 12 heteroatoms. The number of nitrogens with two attached hydrogens (primary N) is 2. The maximum atomic E-state index is 13.1. The van der Waals surface area contributed by atoms with Crippen LogP contribution in [0.15, 0.2) is 21.5 Å². The molecule has 1 rings (SSSR count). The quantitative estimate of drug-likeness (QED) is 0.682. The maximum absolute atomic E-state index is 13.1. The normalized spacial score (nSPS) is 14.7. The zero-order chi connectivity index (χ0) is 18.2. The van der Waals surface area contributed by atoms with Crippen LogP contribution in [0.5, 0.6) is 0 Å². The molecule has 132 valence electrons. The van der Waals surface area contributed by atoms with E-state index < -0.39 is 47.5 Å². The molecule has 23 heavy (non-hydrogen) atoms. The van der Waals surface area contributed by atoms with Crippen LogP contribution in [0.1, 0.15) is 25.3 Å². The highest BCUT2D eigenvalue weighted by molar-refractivity contribution is 9.10. The number of hydrogen-bond acceptors (Lipinski definition) is 5. The Bertz CT molecular complexity index is 807. The first-order valence-electron chi connectivity index (χ1n) is 6.14. The van der Waals surface area contributed by atoms with Gasteiger partial charge in [0.15, 0.2) is 14.4 Å². The average Bonchev–Trinajstić information content (AvgIpc) is 2.35. The Morgan fingerprint density at radius 1 is 1.22 bits per heavy atom. The number of sulfonamides is 1. The Morgan fingerprint density at radius 3 is 2.13 bits per heavy atom. The van der Waals surface area contributed by atoms with Crippen LogP contribution < -0.4 is 10.9 Å². The highest BCUT2D eigenvalue weighted by Crippen LogP contribution is 2.40. The minimum absolute atomic E-state index is 0.0951. The van der Waals surface area contributed by atoms with Gasteiger partial charge in [-0.05, 0) is 34.5 Å². The number of halogens is 4. The number of alkyl halides is 3. The van der Waals surface area contributed by atoms with Crippen LogP contribution in [-0.4, -0.2) is 21.4 Å². The van der Waals surface area contributed by atoms with Crippen molar-refractivity contribution in [2.24, 2.45) is 5.14 Å². The second-order valence-corrected chi connectivity index (χ2v) is 9.72. The summed E-state index contributed by atoms with van der Waals surface area (Å²) in [6.45, 7) is 1.48. The maximum Gasteiger partial charge on any atom is 0.417 e. The van der Waals surface area contributed by atoms with Gasteiger partial charge in [0.2, 0.25) is 10.0 Å². The van der Waals surface area contributed by atoms with Crippen molar-refractivity contribution in [3.8, 4) is 0 Å². The van der Waals surface area contributed by atoms with Crippen LogP contribution in [0.4, 0.5) is 18.9 Å². The molecule has 1 aromatic carbocycles. The van der Waals surface area contributed by atoms with Gasteiger partial charge >= 0.3 is 6.18 Å². The molecule has 6 nitrogen and oxygen atoms in total. The smallest absolute Gasteiger partial charge is 0.398 e. The van der Waals surface area contributed by atoms with Crippen molar-refractivity contribution in [3.63, 3.8) is 0 Å². The molecule has 0 saturated heterocycles. The third kappa shape index (κ3) is 4.37. The van der Waals surface area contributed by atoms with E-state index >= 15 is 0 Å². The molecule has 0 radical (unpaired) electrons. The second kappa shape index (κ2) is 6.57. The fraction of sp³-hybridized carbons (Fsp3) is 0.455. The monoisotopic (exact) mass is 438 g/mol. The predicted octanol–water partition coefficient (Wildman–Crippen LogP) is 2.24. The van der Waals surface area contributed by atoms with Crippen LogP contribution in [-0.2, 0) is 26.0 Å². The second-order valence-electron chi connectivity index (χ2n) is 4.72. The molecular formula is C11H14BrF3N2O4S2. The molecule has 0 aliphatic rings. The van der Waals surface area contributed by atoms with E-state index in [1.807, 2.05) is 0 Å². The number of rotatable bonds is 5. The van der Waals surface area contributed by atoms with Crippen molar-refractivity contribution in [1.82, 2.24) is 0 Å². The highest BCUT2D eigenvalue weighted by Gasteiger charge is 2.43. The van der Waals surface area contributed by atoms with Gasteiger partial charge in [-0.15, -0.1) is 0 Å². The summed E-state index contributed by atoms with van der Waals surface area (Å²) in [5.41, 5.74) is 3.49. The standard InChI is InChI=1S/C11H14BrF3N2O4S2/c1-2-3-10(23(17,20)21)22(18,19)9-5-7(12)8(16)4-6(9)11(13,14)15/h4-5,10H,2-3,16H2,1H3,(H2,17,20,21). The lowest BCUT2D eigenvalue weighted by molar-refractivity contribution is -0.139. The lowest BCUT2D eigenvalue weighted by Gasteiger charge is -2.19. The molecule has 0 aliphatic carbocycles. The number of nitrogen functional groups attached to an aromatic ring is 1. The first-order chi connectivity index (χ1) is 10.2. The molecule has 0 spiro atoms. The number of anilines is 1. The van der Waals surface area contributed by atoms with Crippen LogP contribution in [0.3, 0.4) is 0 Å². The number of hydrogen-bond donors (Lipinski definition) is 2. The first kappa shape index (κ1) is 20.2. The molecule has 1 aromatic rings. The van der Waals surface area contributed by atoms with E-state index in [2.05, 4.69) is 15.9 Å². The molecule has 1 unspecified atom stereocenters. The van der Waals surface area contributed by atoms with Crippen molar-refractivity contribution in [2.45, 2.75) is 35.4 Å². The molecule has 0 fully saturated rings. The molecule has 0 bridgehead atoms. The van der Waals surface area contributed by atoms with Gasteiger partial charge in [0.05, 0.1) is 10.5 Å². The number of sulfone groups is 1. The zero-order valence-electron chi connectivity index (χ0n) is 11.8. The van der Waals surface area contributed by atoms with E-state index in [1.54, 1.807) is 0 Å². The molecule has 0 amide bonds. The molecule has 0 heterocycles. The summed E-state index contributed by atoms with van der Waals surface area (Å²) in [5.74, 6) is 0. The van der Waals surface area contributed by atoms with Crippen molar-refractivity contribution in [2.75, 3.05) is 5.73 Å². The van der Waals surface area contributed by atoms with Crippen molar-refractivity contribution in [1.29, 1.82) is 0 Å². The molecule has 1 atom stereocenters. The van der Waals surface area contributed by atoms with Gasteiger partial charge in [-0.2, -0.15) is 13.2 Å². The Balaban J connectivity index is 3.76. The lowest BCUT2D eigenvalue weighted by Crippen LogP contribution is -2.36. The highest BCUT2D eigenvalue weighted by atomic mass is 79.9. The summed E-state index contributed by atoms with van der Waals surface area (Å²) in [4.78, 5) is -1.18. The van der Waals surface area contributed by atoms with E-state index in [4.69, 9.17) is 10.9 Å². The fourth-order valence-electron chi connectivity index (χ4n) is 1.90. The van der Waals surface area contributed by atoms with Gasteiger partial charge in [0, 0.05) is 10.2 Å². The minimum atomic E-state index is -5.04. The average molecular weight is 439 g/mol. The number of benzene rings is 1. The summed E-state index contributed by atoms with van der Waals surface area (Å²) < 4.78 is 85.1. The summed E-state index contributed by atoms with van der Waals surface area (Å²) in [6.07, 6.45) is -5.37. The van der Waals surface area contributed by atoms with Crippen LogP contribution in [0.25, 0.3) is 0 Å². The van der Waals surface area contributed by atoms with Gasteiger partial charge in [-0.25, -0.2) is 22.0 Å². The zero-order valence-corrected chi connectivity index (χ0v) is 15.0. The summed E-state index contributed by atoms with van der Waals surface area (Å²) in [6, 6.07) is 1.07. The molecular weight excluding hydrogens is 425 g/mol. The Hall–Kier alpha value is -0.850. The van der Waals surface area contributed by atoms with Crippen molar-refractivity contribution in [3.05, 3.63) is 22.2 Å². The molecule has 0 aliphatic heterocycles. The third-order valence-electron chi connectivity index (χ3n) is 2.95.